The number of carbonyl (C=O) groups excluding carboxylic acids is 5. The molecule has 1 aliphatic rings. The second-order valence-electron chi connectivity index (χ2n) is 8.12. The summed E-state index contributed by atoms with van der Waals surface area (Å²) in [6.45, 7) is 8.86. The van der Waals surface area contributed by atoms with Gasteiger partial charge in [0.2, 0.25) is 0 Å². The maximum atomic E-state index is 12.5. The number of rotatable bonds is 6. The molecule has 1 aliphatic heterocycles. The number of hydrogen-bond donors (Lipinski definition) is 2. The zero-order valence-corrected chi connectivity index (χ0v) is 17.8. The predicted octanol–water partition coefficient (Wildman–Crippen LogP) is 2.25. The topological polar surface area (TPSA) is 122 Å². The van der Waals surface area contributed by atoms with Crippen LogP contribution in [0.3, 0.4) is 0 Å². The average molecular weight is 417 g/mol. The SMILES string of the molecule is CCCCN1C(=O)c2ccc(C(=O)O[C@H](C)C(=O)NC(=O)NC(C)(C)C)cc2C1=O. The molecule has 30 heavy (non-hydrogen) atoms. The van der Waals surface area contributed by atoms with E-state index in [1.54, 1.807) is 20.8 Å². The number of hydrogen-bond acceptors (Lipinski definition) is 6. The third-order valence-electron chi connectivity index (χ3n) is 4.32. The van der Waals surface area contributed by atoms with Crippen LogP contribution in [0.4, 0.5) is 4.79 Å². The summed E-state index contributed by atoms with van der Waals surface area (Å²) in [5.74, 6) is -2.48. The summed E-state index contributed by atoms with van der Waals surface area (Å²) in [5.41, 5.74) is -0.139. The largest absolute Gasteiger partial charge is 0.449 e. The lowest BCUT2D eigenvalue weighted by molar-refractivity contribution is -0.127. The zero-order chi connectivity index (χ0) is 22.6. The summed E-state index contributed by atoms with van der Waals surface area (Å²) in [5, 5.41) is 4.66. The number of benzene rings is 1. The quantitative estimate of drug-likeness (QED) is 0.541. The first-order valence-corrected chi connectivity index (χ1v) is 9.79. The molecule has 0 spiro atoms. The van der Waals surface area contributed by atoms with E-state index in [-0.39, 0.29) is 22.6 Å². The van der Waals surface area contributed by atoms with Crippen molar-refractivity contribution in [1.82, 2.24) is 15.5 Å². The maximum Gasteiger partial charge on any atom is 0.338 e. The first-order valence-electron chi connectivity index (χ1n) is 9.79. The van der Waals surface area contributed by atoms with Crippen LogP contribution in [-0.2, 0) is 9.53 Å². The molecule has 1 heterocycles. The van der Waals surface area contributed by atoms with E-state index in [0.717, 1.165) is 11.3 Å². The molecule has 1 aromatic rings. The van der Waals surface area contributed by atoms with E-state index in [1.165, 1.54) is 25.1 Å². The van der Waals surface area contributed by atoms with Crippen LogP contribution >= 0.6 is 0 Å². The van der Waals surface area contributed by atoms with Crippen LogP contribution in [0.5, 0.6) is 0 Å². The highest BCUT2D eigenvalue weighted by Crippen LogP contribution is 2.25. The molecule has 9 nitrogen and oxygen atoms in total. The summed E-state index contributed by atoms with van der Waals surface area (Å²) >= 11 is 0. The lowest BCUT2D eigenvalue weighted by atomic mass is 10.1. The summed E-state index contributed by atoms with van der Waals surface area (Å²) < 4.78 is 5.10. The van der Waals surface area contributed by atoms with Gasteiger partial charge in [0.1, 0.15) is 0 Å². The van der Waals surface area contributed by atoms with Gasteiger partial charge in [0.25, 0.3) is 17.7 Å². The molecule has 2 rings (SSSR count). The first kappa shape index (κ1) is 23.1. The molecular weight excluding hydrogens is 390 g/mol. The molecule has 1 atom stereocenters. The Morgan fingerprint density at radius 2 is 1.73 bits per heavy atom. The Morgan fingerprint density at radius 3 is 2.33 bits per heavy atom. The Labute approximate surface area is 175 Å². The van der Waals surface area contributed by atoms with Crippen molar-refractivity contribution in [2.24, 2.45) is 0 Å². The van der Waals surface area contributed by atoms with Crippen molar-refractivity contribution in [1.29, 1.82) is 0 Å². The Morgan fingerprint density at radius 1 is 1.10 bits per heavy atom. The van der Waals surface area contributed by atoms with Gasteiger partial charge >= 0.3 is 12.0 Å². The van der Waals surface area contributed by atoms with Gasteiger partial charge in [0.15, 0.2) is 6.10 Å². The lowest BCUT2D eigenvalue weighted by Crippen LogP contribution is -2.50. The minimum absolute atomic E-state index is 0.0334. The van der Waals surface area contributed by atoms with E-state index in [0.29, 0.717) is 13.0 Å². The third-order valence-corrected chi connectivity index (χ3v) is 4.32. The number of nitrogens with zero attached hydrogens (tertiary/aromatic N) is 1. The minimum Gasteiger partial charge on any atom is -0.449 e. The second kappa shape index (κ2) is 9.06. The summed E-state index contributed by atoms with van der Waals surface area (Å²) in [6.07, 6.45) is 0.281. The third kappa shape index (κ3) is 5.43. The number of esters is 1. The van der Waals surface area contributed by atoms with Crippen molar-refractivity contribution >= 4 is 29.7 Å². The zero-order valence-electron chi connectivity index (χ0n) is 17.8. The van der Waals surface area contributed by atoms with Crippen LogP contribution in [0.1, 0.15) is 78.5 Å². The molecule has 0 saturated heterocycles. The van der Waals surface area contributed by atoms with E-state index in [9.17, 15) is 24.0 Å². The van der Waals surface area contributed by atoms with Crippen LogP contribution in [-0.4, -0.2) is 52.8 Å². The monoisotopic (exact) mass is 417 g/mol. The van der Waals surface area contributed by atoms with Gasteiger partial charge < -0.3 is 10.1 Å². The van der Waals surface area contributed by atoms with E-state index < -0.39 is 35.5 Å². The number of fused-ring (bicyclic) bond motifs is 1. The van der Waals surface area contributed by atoms with E-state index in [4.69, 9.17) is 4.74 Å². The first-order chi connectivity index (χ1) is 13.9. The molecule has 0 aromatic heterocycles. The molecule has 0 saturated carbocycles. The normalized spacial score (nSPS) is 14.2. The van der Waals surface area contributed by atoms with Crippen molar-refractivity contribution in [3.05, 3.63) is 34.9 Å². The van der Waals surface area contributed by atoms with Gasteiger partial charge in [-0.25, -0.2) is 9.59 Å². The number of imide groups is 2. The van der Waals surface area contributed by atoms with E-state index in [1.807, 2.05) is 6.92 Å². The number of ether oxygens (including phenoxy) is 1. The molecule has 0 fully saturated rings. The number of unbranched alkanes of at least 4 members (excludes halogenated alkanes) is 1. The minimum atomic E-state index is -1.24. The van der Waals surface area contributed by atoms with Crippen molar-refractivity contribution in [2.45, 2.75) is 59.1 Å². The van der Waals surface area contributed by atoms with Crippen LogP contribution in [0.15, 0.2) is 18.2 Å². The van der Waals surface area contributed by atoms with E-state index in [2.05, 4.69) is 10.6 Å². The maximum absolute atomic E-state index is 12.5. The smallest absolute Gasteiger partial charge is 0.338 e. The molecule has 5 amide bonds. The van der Waals surface area contributed by atoms with Crippen LogP contribution < -0.4 is 10.6 Å². The van der Waals surface area contributed by atoms with Gasteiger partial charge in [0.05, 0.1) is 16.7 Å². The number of nitrogens with one attached hydrogen (secondary N) is 2. The molecule has 9 heteroatoms. The Kier molecular flexibility index (Phi) is 6.96. The molecule has 0 aliphatic carbocycles. The number of amides is 5. The van der Waals surface area contributed by atoms with E-state index >= 15 is 0 Å². The summed E-state index contributed by atoms with van der Waals surface area (Å²) in [6, 6.07) is 3.36. The molecular formula is C21H27N3O6. The van der Waals surface area contributed by atoms with Crippen LogP contribution in [0.25, 0.3) is 0 Å². The standard InChI is InChI=1S/C21H27N3O6/c1-6-7-10-24-17(26)14-9-8-13(11-15(14)18(24)27)19(28)30-12(2)16(25)22-20(29)23-21(3,4)5/h8-9,11-12H,6-7,10H2,1-5H3,(H2,22,23,25,29)/t12-/m1/s1. The highest BCUT2D eigenvalue weighted by molar-refractivity contribution is 6.22. The highest BCUT2D eigenvalue weighted by Gasteiger charge is 2.35. The fourth-order valence-electron chi connectivity index (χ4n) is 2.80. The van der Waals surface area contributed by atoms with Crippen molar-refractivity contribution in [2.75, 3.05) is 6.54 Å². The Bertz CT molecular complexity index is 887. The highest BCUT2D eigenvalue weighted by atomic mass is 16.5. The fraction of sp³-hybridized carbons (Fsp3) is 0.476. The number of carbonyl (C=O) groups is 5. The molecule has 1 aromatic carbocycles. The molecule has 0 unspecified atom stereocenters. The van der Waals surface area contributed by atoms with Gasteiger partial charge in [0, 0.05) is 12.1 Å². The lowest BCUT2D eigenvalue weighted by Gasteiger charge is -2.21. The summed E-state index contributed by atoms with van der Waals surface area (Å²) in [4.78, 5) is 62.3. The van der Waals surface area contributed by atoms with Crippen LogP contribution in [0.2, 0.25) is 0 Å². The van der Waals surface area contributed by atoms with Crippen molar-refractivity contribution in [3.63, 3.8) is 0 Å². The van der Waals surface area contributed by atoms with Gasteiger partial charge in [-0.05, 0) is 52.3 Å². The fourth-order valence-corrected chi connectivity index (χ4v) is 2.80. The predicted molar refractivity (Wildman–Crippen MR) is 108 cm³/mol. The Balaban J connectivity index is 2.04. The molecule has 2 N–H and O–H groups in total. The Hall–Kier alpha value is -3.23. The van der Waals surface area contributed by atoms with Crippen molar-refractivity contribution in [3.8, 4) is 0 Å². The average Bonchev–Trinajstić information content (AvgIpc) is 2.88. The second-order valence-corrected chi connectivity index (χ2v) is 8.12. The van der Waals surface area contributed by atoms with Gasteiger partial charge in [-0.1, -0.05) is 13.3 Å². The summed E-state index contributed by atoms with van der Waals surface area (Å²) in [7, 11) is 0. The van der Waals surface area contributed by atoms with Crippen molar-refractivity contribution < 1.29 is 28.7 Å². The van der Waals surface area contributed by atoms with Gasteiger partial charge in [-0.15, -0.1) is 0 Å². The number of urea groups is 1. The van der Waals surface area contributed by atoms with Gasteiger partial charge in [-0.2, -0.15) is 0 Å². The van der Waals surface area contributed by atoms with Crippen LogP contribution in [0, 0.1) is 0 Å². The molecule has 0 radical (unpaired) electrons. The van der Waals surface area contributed by atoms with Gasteiger partial charge in [-0.3, -0.25) is 24.6 Å². The molecule has 162 valence electrons. The molecule has 0 bridgehead atoms.